The minimum absolute atomic E-state index is 0.0150. The Morgan fingerprint density at radius 3 is 2.44 bits per heavy atom. The van der Waals surface area contributed by atoms with E-state index in [0.29, 0.717) is 15.6 Å². The van der Waals surface area contributed by atoms with E-state index in [4.69, 9.17) is 34.3 Å². The van der Waals surface area contributed by atoms with Gasteiger partial charge in [0.15, 0.2) is 0 Å². The lowest BCUT2D eigenvalue weighted by molar-refractivity contribution is 1.33. The fourth-order valence-electron chi connectivity index (χ4n) is 1.45. The van der Waals surface area contributed by atoms with Gasteiger partial charge in [-0.3, -0.25) is 5.41 Å². The van der Waals surface area contributed by atoms with Crippen molar-refractivity contribution in [1.29, 1.82) is 5.41 Å². The second kappa shape index (κ2) is 5.65. The van der Waals surface area contributed by atoms with Gasteiger partial charge in [-0.25, -0.2) is 0 Å². The van der Waals surface area contributed by atoms with Gasteiger partial charge >= 0.3 is 0 Å². The van der Waals surface area contributed by atoms with Crippen LogP contribution in [0.3, 0.4) is 0 Å². The minimum atomic E-state index is 0.0150. The molecular weight excluding hydrogens is 287 g/mol. The maximum absolute atomic E-state index is 7.55. The van der Waals surface area contributed by atoms with Gasteiger partial charge in [-0.05, 0) is 30.3 Å². The maximum atomic E-state index is 7.55. The van der Waals surface area contributed by atoms with Gasteiger partial charge in [-0.15, -0.1) is 0 Å². The molecule has 2 aromatic rings. The lowest BCUT2D eigenvalue weighted by Crippen LogP contribution is -2.12. The first-order chi connectivity index (χ1) is 8.58. The van der Waals surface area contributed by atoms with Crippen molar-refractivity contribution in [2.45, 2.75) is 9.79 Å². The molecule has 0 aliphatic heterocycles. The largest absolute Gasteiger partial charge is 0.384 e. The van der Waals surface area contributed by atoms with Crippen molar-refractivity contribution < 1.29 is 0 Å². The molecule has 0 aliphatic rings. The molecule has 2 aromatic carbocycles. The lowest BCUT2D eigenvalue weighted by atomic mass is 10.2. The highest BCUT2D eigenvalue weighted by atomic mass is 35.5. The van der Waals surface area contributed by atoms with Gasteiger partial charge < -0.3 is 5.73 Å². The number of hydrogen-bond acceptors (Lipinski definition) is 2. The average molecular weight is 297 g/mol. The third-order valence-corrected chi connectivity index (χ3v) is 4.10. The van der Waals surface area contributed by atoms with Gasteiger partial charge in [0.2, 0.25) is 0 Å². The molecule has 0 saturated carbocycles. The van der Waals surface area contributed by atoms with E-state index in [2.05, 4.69) is 0 Å². The summed E-state index contributed by atoms with van der Waals surface area (Å²) < 4.78 is 0. The number of benzene rings is 2. The summed E-state index contributed by atoms with van der Waals surface area (Å²) in [5, 5.41) is 8.82. The monoisotopic (exact) mass is 296 g/mol. The Hall–Kier alpha value is -1.16. The van der Waals surface area contributed by atoms with Gasteiger partial charge in [0.05, 0.1) is 5.02 Å². The third kappa shape index (κ3) is 2.99. The highest BCUT2D eigenvalue weighted by Crippen LogP contribution is 2.36. The van der Waals surface area contributed by atoms with Crippen LogP contribution in [0.25, 0.3) is 0 Å². The highest BCUT2D eigenvalue weighted by molar-refractivity contribution is 7.99. The Balaban J connectivity index is 2.42. The molecule has 0 radical (unpaired) electrons. The lowest BCUT2D eigenvalue weighted by Gasteiger charge is -2.09. The molecule has 0 heterocycles. The molecule has 0 aromatic heterocycles. The normalized spacial score (nSPS) is 10.3. The van der Waals surface area contributed by atoms with Crippen LogP contribution in [-0.2, 0) is 0 Å². The van der Waals surface area contributed by atoms with E-state index in [1.165, 1.54) is 11.8 Å². The summed E-state index contributed by atoms with van der Waals surface area (Å²) in [6, 6.07) is 12.8. The number of nitrogens with one attached hydrogen (secondary N) is 1. The SMILES string of the molecule is N=C(N)c1ccc(Cl)cc1Sc1ccccc1Cl. The number of nitrogen functional groups attached to an aromatic ring is 1. The summed E-state index contributed by atoms with van der Waals surface area (Å²) in [5.41, 5.74) is 6.21. The maximum Gasteiger partial charge on any atom is 0.123 e. The van der Waals surface area contributed by atoms with E-state index in [0.717, 1.165) is 9.79 Å². The van der Waals surface area contributed by atoms with Gasteiger partial charge in [0.25, 0.3) is 0 Å². The first-order valence-electron chi connectivity index (χ1n) is 5.14. The molecule has 3 N–H and O–H groups in total. The summed E-state index contributed by atoms with van der Waals surface area (Å²) in [5.74, 6) is 0.0150. The fraction of sp³-hybridized carbons (Fsp3) is 0. The van der Waals surface area contributed by atoms with Crippen LogP contribution in [0.15, 0.2) is 52.3 Å². The molecule has 2 nitrogen and oxygen atoms in total. The van der Waals surface area contributed by atoms with E-state index >= 15 is 0 Å². The van der Waals surface area contributed by atoms with E-state index < -0.39 is 0 Å². The topological polar surface area (TPSA) is 49.9 Å². The average Bonchev–Trinajstić information content (AvgIpc) is 2.32. The van der Waals surface area contributed by atoms with Crippen molar-refractivity contribution in [1.82, 2.24) is 0 Å². The van der Waals surface area contributed by atoms with Crippen LogP contribution in [0.2, 0.25) is 10.0 Å². The van der Waals surface area contributed by atoms with Crippen molar-refractivity contribution >= 4 is 40.8 Å². The Labute approximate surface area is 120 Å². The molecule has 0 bridgehead atoms. The second-order valence-electron chi connectivity index (χ2n) is 3.59. The molecule has 0 atom stereocenters. The van der Waals surface area contributed by atoms with E-state index in [1.54, 1.807) is 18.2 Å². The zero-order chi connectivity index (χ0) is 13.1. The van der Waals surface area contributed by atoms with Crippen LogP contribution in [0.4, 0.5) is 0 Å². The van der Waals surface area contributed by atoms with Crippen molar-refractivity contribution in [3.05, 3.63) is 58.1 Å². The molecule has 0 amide bonds. The number of rotatable bonds is 3. The van der Waals surface area contributed by atoms with E-state index in [-0.39, 0.29) is 5.84 Å². The molecule has 0 spiro atoms. The van der Waals surface area contributed by atoms with Gasteiger partial charge in [0, 0.05) is 20.4 Å². The molecule has 0 aliphatic carbocycles. The Bertz CT molecular complexity index is 599. The zero-order valence-corrected chi connectivity index (χ0v) is 11.6. The standard InChI is InChI=1S/C13H10Cl2N2S/c14-8-5-6-9(13(16)17)12(7-8)18-11-4-2-1-3-10(11)15/h1-7H,(H3,16,17). The van der Waals surface area contributed by atoms with Crippen molar-refractivity contribution in [3.8, 4) is 0 Å². The third-order valence-electron chi connectivity index (χ3n) is 2.29. The molecule has 18 heavy (non-hydrogen) atoms. The number of hydrogen-bond donors (Lipinski definition) is 2. The van der Waals surface area contributed by atoms with Crippen LogP contribution in [0.5, 0.6) is 0 Å². The molecule has 92 valence electrons. The molecule has 0 fully saturated rings. The number of amidine groups is 1. The van der Waals surface area contributed by atoms with Crippen LogP contribution in [0, 0.1) is 5.41 Å². The number of nitrogens with two attached hydrogens (primary N) is 1. The minimum Gasteiger partial charge on any atom is -0.384 e. The molecular formula is C13H10Cl2N2S. The summed E-state index contributed by atoms with van der Waals surface area (Å²) in [6.45, 7) is 0. The van der Waals surface area contributed by atoms with Gasteiger partial charge in [-0.2, -0.15) is 0 Å². The zero-order valence-electron chi connectivity index (χ0n) is 9.28. The fourth-order valence-corrected chi connectivity index (χ4v) is 2.96. The molecule has 2 rings (SSSR count). The summed E-state index contributed by atoms with van der Waals surface area (Å²) in [6.07, 6.45) is 0. The predicted molar refractivity (Wildman–Crippen MR) is 78.0 cm³/mol. The Morgan fingerprint density at radius 2 is 1.78 bits per heavy atom. The van der Waals surface area contributed by atoms with Crippen LogP contribution >= 0.6 is 35.0 Å². The van der Waals surface area contributed by atoms with Crippen molar-refractivity contribution in [2.24, 2.45) is 5.73 Å². The Morgan fingerprint density at radius 1 is 1.06 bits per heavy atom. The van der Waals surface area contributed by atoms with Crippen LogP contribution in [0.1, 0.15) is 5.56 Å². The molecule has 0 unspecified atom stereocenters. The number of halogens is 2. The Kier molecular flexibility index (Phi) is 4.17. The van der Waals surface area contributed by atoms with Crippen LogP contribution in [-0.4, -0.2) is 5.84 Å². The van der Waals surface area contributed by atoms with Crippen molar-refractivity contribution in [2.75, 3.05) is 0 Å². The van der Waals surface area contributed by atoms with E-state index in [1.807, 2.05) is 24.3 Å². The van der Waals surface area contributed by atoms with Gasteiger partial charge in [0.1, 0.15) is 5.84 Å². The van der Waals surface area contributed by atoms with Crippen LogP contribution < -0.4 is 5.73 Å². The quantitative estimate of drug-likeness (QED) is 0.650. The van der Waals surface area contributed by atoms with E-state index in [9.17, 15) is 0 Å². The second-order valence-corrected chi connectivity index (χ2v) is 5.51. The van der Waals surface area contributed by atoms with Gasteiger partial charge in [-0.1, -0.05) is 47.1 Å². The smallest absolute Gasteiger partial charge is 0.123 e. The first kappa shape index (κ1) is 13.3. The summed E-state index contributed by atoms with van der Waals surface area (Å²) >= 11 is 13.5. The predicted octanol–water partition coefficient (Wildman–Crippen LogP) is 4.43. The summed E-state index contributed by atoms with van der Waals surface area (Å²) in [4.78, 5) is 1.73. The first-order valence-corrected chi connectivity index (χ1v) is 6.71. The summed E-state index contributed by atoms with van der Waals surface area (Å²) in [7, 11) is 0. The molecule has 0 saturated heterocycles. The highest BCUT2D eigenvalue weighted by Gasteiger charge is 2.09. The molecule has 5 heteroatoms. The van der Waals surface area contributed by atoms with Crippen molar-refractivity contribution in [3.63, 3.8) is 0 Å².